The summed E-state index contributed by atoms with van der Waals surface area (Å²) in [6.07, 6.45) is 8.18. The first kappa shape index (κ1) is 21.4. The lowest BCUT2D eigenvalue weighted by molar-refractivity contribution is -0.131. The van der Waals surface area contributed by atoms with Crippen LogP contribution in [0, 0.1) is 0 Å². The zero-order chi connectivity index (χ0) is 20.9. The molecule has 0 heterocycles. The summed E-state index contributed by atoms with van der Waals surface area (Å²) in [5.74, 6) is 1.25. The Bertz CT molecular complexity index is 797. The number of benzene rings is 2. The van der Waals surface area contributed by atoms with Gasteiger partial charge in [-0.25, -0.2) is 0 Å². The van der Waals surface area contributed by atoms with Gasteiger partial charge in [-0.05, 0) is 68.5 Å². The average Bonchev–Trinajstić information content (AvgIpc) is 2.69. The molecule has 3 rings (SSSR count). The van der Waals surface area contributed by atoms with E-state index in [-0.39, 0.29) is 17.0 Å². The fourth-order valence-corrected chi connectivity index (χ4v) is 4.72. The molecule has 0 radical (unpaired) electrons. The van der Waals surface area contributed by atoms with E-state index in [0.29, 0.717) is 5.75 Å². The largest absolute Gasteiger partial charge is 0.488 e. The van der Waals surface area contributed by atoms with Crippen molar-refractivity contribution in [1.82, 2.24) is 0 Å². The molecule has 0 aliphatic heterocycles. The molecule has 1 aliphatic rings. The molecular weight excluding hydrogens is 360 g/mol. The van der Waals surface area contributed by atoms with Crippen molar-refractivity contribution in [2.75, 3.05) is 0 Å². The summed E-state index contributed by atoms with van der Waals surface area (Å²) in [6.45, 7) is 7.92. The van der Waals surface area contributed by atoms with Crippen molar-refractivity contribution in [3.8, 4) is 11.5 Å². The summed E-state index contributed by atoms with van der Waals surface area (Å²) in [5.41, 5.74) is 2.52. The number of hydrogen-bond acceptors (Lipinski definition) is 3. The van der Waals surface area contributed by atoms with Crippen molar-refractivity contribution in [2.24, 2.45) is 0 Å². The Morgan fingerprint density at radius 3 is 1.90 bits per heavy atom. The molecule has 0 unspecified atom stereocenters. The zero-order valence-corrected chi connectivity index (χ0v) is 18.3. The van der Waals surface area contributed by atoms with Crippen LogP contribution in [0.5, 0.6) is 11.5 Å². The maximum atomic E-state index is 11.2. The highest BCUT2D eigenvalue weighted by atomic mass is 16.5. The summed E-state index contributed by atoms with van der Waals surface area (Å²) in [4.78, 5) is 11.2. The molecule has 0 atom stereocenters. The van der Waals surface area contributed by atoms with E-state index in [0.717, 1.165) is 31.4 Å². The molecule has 0 saturated heterocycles. The first-order valence-corrected chi connectivity index (χ1v) is 10.9. The fraction of sp³-hybridized carbons (Fsp3) is 0.500. The predicted molar refractivity (Wildman–Crippen MR) is 118 cm³/mol. The maximum absolute atomic E-state index is 11.2. The molecule has 1 saturated carbocycles. The number of ether oxygens (including phenoxy) is 2. The normalized spacial score (nSPS) is 16.3. The molecule has 156 valence electrons. The van der Waals surface area contributed by atoms with Gasteiger partial charge in [0, 0.05) is 12.3 Å². The Labute approximate surface area is 175 Å². The third kappa shape index (κ3) is 5.20. The zero-order valence-electron chi connectivity index (χ0n) is 18.3. The van der Waals surface area contributed by atoms with Gasteiger partial charge in [-0.1, -0.05) is 56.9 Å². The molecule has 2 aromatic rings. The van der Waals surface area contributed by atoms with Crippen LogP contribution in [-0.2, 0) is 10.2 Å². The van der Waals surface area contributed by atoms with Crippen molar-refractivity contribution in [2.45, 2.75) is 83.7 Å². The van der Waals surface area contributed by atoms with E-state index in [9.17, 15) is 4.79 Å². The van der Waals surface area contributed by atoms with Crippen molar-refractivity contribution in [3.63, 3.8) is 0 Å². The monoisotopic (exact) mass is 394 g/mol. The van der Waals surface area contributed by atoms with E-state index in [1.165, 1.54) is 37.3 Å². The van der Waals surface area contributed by atoms with E-state index >= 15 is 0 Å². The Morgan fingerprint density at radius 1 is 0.897 bits per heavy atom. The number of carbonyl (C=O) groups is 1. The molecule has 3 heteroatoms. The lowest BCUT2D eigenvalue weighted by Crippen LogP contribution is -2.30. The highest BCUT2D eigenvalue weighted by molar-refractivity contribution is 5.69. The second kappa shape index (κ2) is 9.02. The van der Waals surface area contributed by atoms with E-state index in [4.69, 9.17) is 9.47 Å². The van der Waals surface area contributed by atoms with Crippen LogP contribution in [-0.4, -0.2) is 11.6 Å². The lowest BCUT2D eigenvalue weighted by atomic mass is 9.65. The highest BCUT2D eigenvalue weighted by Crippen LogP contribution is 2.45. The molecule has 1 fully saturated rings. The Morgan fingerprint density at radius 2 is 1.41 bits per heavy atom. The number of esters is 1. The van der Waals surface area contributed by atoms with E-state index in [2.05, 4.69) is 57.2 Å². The smallest absolute Gasteiger partial charge is 0.308 e. The topological polar surface area (TPSA) is 35.5 Å². The van der Waals surface area contributed by atoms with Crippen LogP contribution in [0.4, 0.5) is 0 Å². The minimum atomic E-state index is -0.285. The summed E-state index contributed by atoms with van der Waals surface area (Å²) < 4.78 is 11.4. The molecule has 0 aromatic heterocycles. The first-order valence-electron chi connectivity index (χ1n) is 10.9. The Balaban J connectivity index is 1.87. The molecule has 1 aliphatic carbocycles. The quantitative estimate of drug-likeness (QED) is 0.382. The summed E-state index contributed by atoms with van der Waals surface area (Å²) >= 11 is 0. The van der Waals surface area contributed by atoms with Crippen LogP contribution in [0.15, 0.2) is 48.5 Å². The second-order valence-electron chi connectivity index (χ2n) is 8.90. The van der Waals surface area contributed by atoms with Gasteiger partial charge < -0.3 is 9.47 Å². The van der Waals surface area contributed by atoms with E-state index < -0.39 is 0 Å². The molecule has 0 bridgehead atoms. The molecule has 0 amide bonds. The average molecular weight is 395 g/mol. The van der Waals surface area contributed by atoms with E-state index in [1.807, 2.05) is 12.1 Å². The van der Waals surface area contributed by atoms with Crippen LogP contribution in [0.25, 0.3) is 0 Å². The standard InChI is InChI=1S/C26H34O3/c1-5-17-25(3,4)29-24-15-11-22(12-16-24)26(18-7-6-8-19-26)21-9-13-23(14-10-21)28-20(2)27/h9-16H,5-8,17-19H2,1-4H3. The van der Waals surface area contributed by atoms with Gasteiger partial charge in [-0.3, -0.25) is 4.79 Å². The molecule has 3 nitrogen and oxygen atoms in total. The predicted octanol–water partition coefficient (Wildman–Crippen LogP) is 6.82. The second-order valence-corrected chi connectivity index (χ2v) is 8.90. The summed E-state index contributed by atoms with van der Waals surface area (Å²) in [5, 5.41) is 0. The number of hydrogen-bond donors (Lipinski definition) is 0. The molecule has 29 heavy (non-hydrogen) atoms. The number of carbonyl (C=O) groups excluding carboxylic acids is 1. The van der Waals surface area contributed by atoms with Crippen LogP contribution >= 0.6 is 0 Å². The Kier molecular flexibility index (Phi) is 6.66. The highest BCUT2D eigenvalue weighted by Gasteiger charge is 2.35. The molecular formula is C26H34O3. The SMILES string of the molecule is CCCC(C)(C)Oc1ccc(C2(c3ccc(OC(C)=O)cc3)CCCCC2)cc1. The van der Waals surface area contributed by atoms with Gasteiger partial charge in [-0.2, -0.15) is 0 Å². The fourth-order valence-electron chi connectivity index (χ4n) is 4.72. The lowest BCUT2D eigenvalue weighted by Gasteiger charge is -2.39. The summed E-state index contributed by atoms with van der Waals surface area (Å²) in [7, 11) is 0. The summed E-state index contributed by atoms with van der Waals surface area (Å²) in [6, 6.07) is 16.8. The van der Waals surface area contributed by atoms with Crippen molar-refractivity contribution < 1.29 is 14.3 Å². The maximum Gasteiger partial charge on any atom is 0.308 e. The molecule has 0 N–H and O–H groups in total. The third-order valence-electron chi connectivity index (χ3n) is 6.03. The van der Waals surface area contributed by atoms with Crippen molar-refractivity contribution >= 4 is 5.97 Å². The van der Waals surface area contributed by atoms with Crippen LogP contribution in [0.2, 0.25) is 0 Å². The third-order valence-corrected chi connectivity index (χ3v) is 6.03. The van der Waals surface area contributed by atoms with Crippen LogP contribution < -0.4 is 9.47 Å². The minimum absolute atomic E-state index is 0.0183. The minimum Gasteiger partial charge on any atom is -0.488 e. The number of rotatable bonds is 7. The van der Waals surface area contributed by atoms with Gasteiger partial charge >= 0.3 is 5.97 Å². The van der Waals surface area contributed by atoms with Crippen LogP contribution in [0.3, 0.4) is 0 Å². The van der Waals surface area contributed by atoms with Gasteiger partial charge in [0.1, 0.15) is 17.1 Å². The van der Waals surface area contributed by atoms with Gasteiger partial charge in [-0.15, -0.1) is 0 Å². The van der Waals surface area contributed by atoms with Crippen molar-refractivity contribution in [3.05, 3.63) is 59.7 Å². The van der Waals surface area contributed by atoms with Gasteiger partial charge in [0.15, 0.2) is 0 Å². The van der Waals surface area contributed by atoms with E-state index in [1.54, 1.807) is 0 Å². The van der Waals surface area contributed by atoms with Crippen LogP contribution in [0.1, 0.15) is 83.8 Å². The Hall–Kier alpha value is -2.29. The van der Waals surface area contributed by atoms with Gasteiger partial charge in [0.25, 0.3) is 0 Å². The molecule has 2 aromatic carbocycles. The van der Waals surface area contributed by atoms with Gasteiger partial charge in [0.2, 0.25) is 0 Å². The first-order chi connectivity index (χ1) is 13.8. The van der Waals surface area contributed by atoms with Gasteiger partial charge in [0.05, 0.1) is 0 Å². The molecule has 0 spiro atoms. The van der Waals surface area contributed by atoms with Crippen molar-refractivity contribution in [1.29, 1.82) is 0 Å².